The van der Waals surface area contributed by atoms with Gasteiger partial charge in [-0.1, -0.05) is 31.2 Å². The summed E-state index contributed by atoms with van der Waals surface area (Å²) in [5.41, 5.74) is 8.01. The van der Waals surface area contributed by atoms with Crippen LogP contribution in [0, 0.1) is 12.7 Å². The average molecular weight is 503 g/mol. The first-order valence-corrected chi connectivity index (χ1v) is 11.9. The molecule has 1 aromatic heterocycles. The standard InChI is InChI=1S/C26H32ClFN4O3/c1-7-10-32-23(16(5)29)17(6)30-25(32)15(4)19-13-20(27)22(28)21(24(19)35-14(2)3)26(34)31-11-8-18(33)9-12-31/h7-8,10-11,13-15,18,33H,5,9,12,29H2,1-4,6H3/b10-7-. The second-order valence-electron chi connectivity index (χ2n) is 8.83. The number of nitrogens with zero attached hydrogens (tertiary/aromatic N) is 3. The molecule has 2 heterocycles. The molecule has 188 valence electrons. The third-order valence-corrected chi connectivity index (χ3v) is 6.03. The van der Waals surface area contributed by atoms with Gasteiger partial charge in [0.2, 0.25) is 0 Å². The average Bonchev–Trinajstić information content (AvgIpc) is 3.12. The number of aryl methyl sites for hydroxylation is 1. The maximum atomic E-state index is 15.4. The van der Waals surface area contributed by atoms with Crippen LogP contribution < -0.4 is 10.5 Å². The Morgan fingerprint density at radius 3 is 2.66 bits per heavy atom. The number of ether oxygens (including phenoxy) is 1. The first kappa shape index (κ1) is 26.5. The molecule has 0 bridgehead atoms. The smallest absolute Gasteiger partial charge is 0.264 e. The van der Waals surface area contributed by atoms with Gasteiger partial charge < -0.3 is 25.0 Å². The lowest BCUT2D eigenvalue weighted by molar-refractivity contribution is 0.0774. The van der Waals surface area contributed by atoms with Crippen molar-refractivity contribution >= 4 is 29.4 Å². The normalized spacial score (nSPS) is 16.8. The number of benzene rings is 1. The van der Waals surface area contributed by atoms with E-state index in [9.17, 15) is 9.90 Å². The number of aliphatic hydroxyl groups is 1. The van der Waals surface area contributed by atoms with Gasteiger partial charge in [-0.15, -0.1) is 0 Å². The third kappa shape index (κ3) is 5.28. The van der Waals surface area contributed by atoms with Crippen molar-refractivity contribution in [1.82, 2.24) is 14.5 Å². The Balaban J connectivity index is 2.25. The maximum absolute atomic E-state index is 15.4. The zero-order valence-corrected chi connectivity index (χ0v) is 21.4. The first-order valence-electron chi connectivity index (χ1n) is 11.5. The highest BCUT2D eigenvalue weighted by molar-refractivity contribution is 6.31. The van der Waals surface area contributed by atoms with Gasteiger partial charge in [-0.25, -0.2) is 9.37 Å². The molecule has 3 rings (SSSR count). The lowest BCUT2D eigenvalue weighted by Crippen LogP contribution is -2.33. The van der Waals surface area contributed by atoms with Crippen molar-refractivity contribution in [2.45, 2.75) is 59.2 Å². The van der Waals surface area contributed by atoms with Crippen LogP contribution in [-0.4, -0.2) is 44.2 Å². The van der Waals surface area contributed by atoms with Gasteiger partial charge in [0, 0.05) is 30.4 Å². The zero-order valence-electron chi connectivity index (χ0n) is 20.7. The first-order chi connectivity index (χ1) is 16.5. The summed E-state index contributed by atoms with van der Waals surface area (Å²) in [5, 5.41) is 9.56. The minimum atomic E-state index is -0.855. The number of nitrogens with two attached hydrogens (primary N) is 1. The van der Waals surface area contributed by atoms with Crippen molar-refractivity contribution in [3.05, 3.63) is 70.2 Å². The number of amides is 1. The molecule has 1 aliphatic heterocycles. The van der Waals surface area contributed by atoms with Crippen molar-refractivity contribution < 1.29 is 19.0 Å². The van der Waals surface area contributed by atoms with Crippen LogP contribution in [0.4, 0.5) is 4.39 Å². The van der Waals surface area contributed by atoms with Gasteiger partial charge in [0.15, 0.2) is 5.82 Å². The molecule has 1 amide bonds. The second kappa shape index (κ2) is 10.7. The quantitative estimate of drug-likeness (QED) is 0.551. The summed E-state index contributed by atoms with van der Waals surface area (Å²) in [6.07, 6.45) is 5.98. The SMILES string of the molecule is C=C(N)c1c(C)nc(C(C)c2cc(Cl)c(F)c(C(=O)N3C=CC(O)CC3)c2OC(C)C)n1/C=C\C. The van der Waals surface area contributed by atoms with Gasteiger partial charge in [-0.3, -0.25) is 4.79 Å². The highest BCUT2D eigenvalue weighted by Gasteiger charge is 2.32. The number of carbonyl (C=O) groups excluding carboxylic acids is 1. The lowest BCUT2D eigenvalue weighted by atomic mass is 9.95. The fraction of sp³-hybridized carbons (Fsp3) is 0.385. The molecule has 0 spiro atoms. The molecule has 0 aliphatic carbocycles. The molecule has 0 fully saturated rings. The minimum Gasteiger partial charge on any atom is -0.490 e. The molecular formula is C26H32ClFN4O3. The van der Waals surface area contributed by atoms with Crippen molar-refractivity contribution in [2.75, 3.05) is 6.54 Å². The van der Waals surface area contributed by atoms with Crippen LogP contribution in [0.1, 0.15) is 73.2 Å². The molecule has 2 atom stereocenters. The van der Waals surface area contributed by atoms with Gasteiger partial charge in [0.25, 0.3) is 5.91 Å². The number of aliphatic hydroxyl groups excluding tert-OH is 1. The van der Waals surface area contributed by atoms with Gasteiger partial charge in [-0.05, 0) is 46.3 Å². The van der Waals surface area contributed by atoms with Crippen LogP contribution in [0.25, 0.3) is 11.9 Å². The van der Waals surface area contributed by atoms with Crippen LogP contribution >= 0.6 is 11.6 Å². The molecule has 1 aromatic carbocycles. The van der Waals surface area contributed by atoms with E-state index in [1.165, 1.54) is 23.2 Å². The molecule has 3 N–H and O–H groups in total. The largest absolute Gasteiger partial charge is 0.490 e. The Labute approximate surface area is 210 Å². The number of allylic oxidation sites excluding steroid dienone is 1. The van der Waals surface area contributed by atoms with Gasteiger partial charge in [-0.2, -0.15) is 0 Å². The number of hydrogen-bond donors (Lipinski definition) is 2. The number of carbonyl (C=O) groups is 1. The van der Waals surface area contributed by atoms with Gasteiger partial charge in [0.1, 0.15) is 17.1 Å². The van der Waals surface area contributed by atoms with E-state index in [2.05, 4.69) is 6.58 Å². The van der Waals surface area contributed by atoms with E-state index in [0.717, 1.165) is 0 Å². The van der Waals surface area contributed by atoms with E-state index in [1.54, 1.807) is 13.8 Å². The van der Waals surface area contributed by atoms with E-state index in [-0.39, 0.29) is 29.0 Å². The molecule has 1 aliphatic rings. The topological polar surface area (TPSA) is 93.6 Å². The molecule has 0 saturated carbocycles. The van der Waals surface area contributed by atoms with Crippen molar-refractivity contribution in [1.29, 1.82) is 0 Å². The van der Waals surface area contributed by atoms with Gasteiger partial charge in [0.05, 0.1) is 34.3 Å². The predicted octanol–water partition coefficient (Wildman–Crippen LogP) is 5.06. The van der Waals surface area contributed by atoms with Crippen LogP contribution in [0.2, 0.25) is 5.02 Å². The number of rotatable bonds is 7. The minimum absolute atomic E-state index is 0.111. The van der Waals surface area contributed by atoms with Crippen LogP contribution in [-0.2, 0) is 0 Å². The van der Waals surface area contributed by atoms with Crippen LogP contribution in [0.5, 0.6) is 5.75 Å². The van der Waals surface area contributed by atoms with E-state index in [4.69, 9.17) is 27.1 Å². The summed E-state index contributed by atoms with van der Waals surface area (Å²) in [5.74, 6) is -1.18. The van der Waals surface area contributed by atoms with E-state index in [0.29, 0.717) is 34.9 Å². The third-order valence-electron chi connectivity index (χ3n) is 5.75. The Kier molecular flexibility index (Phi) is 8.07. The Bertz CT molecular complexity index is 1200. The number of halogens is 2. The van der Waals surface area contributed by atoms with Crippen LogP contribution in [0.15, 0.2) is 31.0 Å². The molecule has 0 radical (unpaired) electrons. The summed E-state index contributed by atoms with van der Waals surface area (Å²) in [4.78, 5) is 19.5. The van der Waals surface area contributed by atoms with E-state index < -0.39 is 23.7 Å². The fourth-order valence-electron chi connectivity index (χ4n) is 4.16. The summed E-state index contributed by atoms with van der Waals surface area (Å²) in [6, 6.07) is 1.48. The van der Waals surface area contributed by atoms with E-state index in [1.807, 2.05) is 37.6 Å². The highest BCUT2D eigenvalue weighted by Crippen LogP contribution is 2.40. The fourth-order valence-corrected chi connectivity index (χ4v) is 4.37. The van der Waals surface area contributed by atoms with Crippen LogP contribution in [0.3, 0.4) is 0 Å². The molecule has 2 unspecified atom stereocenters. The maximum Gasteiger partial charge on any atom is 0.264 e. The Morgan fingerprint density at radius 1 is 1.43 bits per heavy atom. The van der Waals surface area contributed by atoms with E-state index >= 15 is 4.39 Å². The number of hydrogen-bond acceptors (Lipinski definition) is 5. The number of imidazole rings is 1. The second-order valence-corrected chi connectivity index (χ2v) is 9.24. The zero-order chi connectivity index (χ0) is 26.0. The molecule has 2 aromatic rings. The Morgan fingerprint density at radius 2 is 2.11 bits per heavy atom. The molecule has 7 nitrogen and oxygen atoms in total. The van der Waals surface area contributed by atoms with Crippen molar-refractivity contribution in [3.8, 4) is 5.75 Å². The van der Waals surface area contributed by atoms with Crippen molar-refractivity contribution in [2.24, 2.45) is 5.73 Å². The highest BCUT2D eigenvalue weighted by atomic mass is 35.5. The summed E-state index contributed by atoms with van der Waals surface area (Å²) < 4.78 is 23.3. The molecular weight excluding hydrogens is 471 g/mol. The molecule has 9 heteroatoms. The Hall–Kier alpha value is -3.10. The lowest BCUT2D eigenvalue weighted by Gasteiger charge is -2.27. The monoisotopic (exact) mass is 502 g/mol. The molecule has 0 saturated heterocycles. The molecule has 35 heavy (non-hydrogen) atoms. The predicted molar refractivity (Wildman–Crippen MR) is 137 cm³/mol. The summed E-state index contributed by atoms with van der Waals surface area (Å²) in [7, 11) is 0. The summed E-state index contributed by atoms with van der Waals surface area (Å²) >= 11 is 6.32. The van der Waals surface area contributed by atoms with Gasteiger partial charge >= 0.3 is 0 Å². The van der Waals surface area contributed by atoms with Crippen molar-refractivity contribution in [3.63, 3.8) is 0 Å². The number of aromatic nitrogens is 2. The summed E-state index contributed by atoms with van der Waals surface area (Å²) in [6.45, 7) is 13.3.